The van der Waals surface area contributed by atoms with E-state index in [0.717, 1.165) is 43.4 Å². The van der Waals surface area contributed by atoms with Crippen molar-refractivity contribution in [3.8, 4) is 5.69 Å². The number of aromatic nitrogens is 1. The molecule has 0 aliphatic heterocycles. The molecule has 0 bridgehead atoms. The number of rotatable bonds is 9. The molecule has 0 aliphatic rings. The molecule has 0 atom stereocenters. The van der Waals surface area contributed by atoms with Crippen molar-refractivity contribution in [3.63, 3.8) is 0 Å². The standard InChI is InChI=1S/C29H29BrN4O3S/c1-4-23-10-14-26(15-11-23)33(38(36,37)28-8-6-5-7-9-28)20-29(35)32-31-19-24-18-21(2)34(22(24)3)27-16-12-25(30)13-17-27/h5-19H,4,20H2,1-3H3,(H,32,35)/b31-19-. The molecule has 0 unspecified atom stereocenters. The Morgan fingerprint density at radius 2 is 1.66 bits per heavy atom. The molecule has 0 saturated carbocycles. The minimum Gasteiger partial charge on any atom is -0.318 e. The second-order valence-electron chi connectivity index (χ2n) is 8.78. The third kappa shape index (κ3) is 6.06. The number of anilines is 1. The van der Waals surface area contributed by atoms with E-state index in [-0.39, 0.29) is 4.90 Å². The van der Waals surface area contributed by atoms with Gasteiger partial charge in [0, 0.05) is 27.1 Å². The molecule has 9 heteroatoms. The van der Waals surface area contributed by atoms with E-state index in [2.05, 4.69) is 31.0 Å². The molecule has 4 aromatic rings. The summed E-state index contributed by atoms with van der Waals surface area (Å²) in [5.41, 5.74) is 7.81. The van der Waals surface area contributed by atoms with Gasteiger partial charge in [-0.3, -0.25) is 9.10 Å². The van der Waals surface area contributed by atoms with Crippen molar-refractivity contribution < 1.29 is 13.2 Å². The summed E-state index contributed by atoms with van der Waals surface area (Å²) in [5.74, 6) is -0.554. The van der Waals surface area contributed by atoms with Gasteiger partial charge < -0.3 is 4.57 Å². The lowest BCUT2D eigenvalue weighted by atomic mass is 10.1. The highest BCUT2D eigenvalue weighted by Gasteiger charge is 2.27. The van der Waals surface area contributed by atoms with Gasteiger partial charge in [0.25, 0.3) is 15.9 Å². The number of halogens is 1. The maximum Gasteiger partial charge on any atom is 0.264 e. The zero-order valence-electron chi connectivity index (χ0n) is 21.4. The third-order valence-corrected chi connectivity index (χ3v) is 8.52. The van der Waals surface area contributed by atoms with E-state index in [0.29, 0.717) is 5.69 Å². The minimum atomic E-state index is -3.97. The Labute approximate surface area is 232 Å². The lowest BCUT2D eigenvalue weighted by molar-refractivity contribution is -0.119. The summed E-state index contributed by atoms with van der Waals surface area (Å²) in [6.07, 6.45) is 2.39. The molecule has 1 amide bonds. The first-order valence-electron chi connectivity index (χ1n) is 12.1. The zero-order valence-corrected chi connectivity index (χ0v) is 23.8. The van der Waals surface area contributed by atoms with Gasteiger partial charge in [-0.15, -0.1) is 0 Å². The SMILES string of the molecule is CCc1ccc(N(CC(=O)N/N=C\c2cc(C)n(-c3ccc(Br)cc3)c2C)S(=O)(=O)c2ccccc2)cc1. The summed E-state index contributed by atoms with van der Waals surface area (Å²) in [5, 5.41) is 4.13. The fourth-order valence-corrected chi connectivity index (χ4v) is 5.88. The molecule has 1 N–H and O–H groups in total. The van der Waals surface area contributed by atoms with Crippen LogP contribution in [0.2, 0.25) is 0 Å². The second kappa shape index (κ2) is 11.8. The van der Waals surface area contributed by atoms with Gasteiger partial charge >= 0.3 is 0 Å². The van der Waals surface area contributed by atoms with Crippen molar-refractivity contribution >= 4 is 43.8 Å². The van der Waals surface area contributed by atoms with Gasteiger partial charge in [-0.2, -0.15) is 5.10 Å². The van der Waals surface area contributed by atoms with Crippen molar-refractivity contribution in [1.29, 1.82) is 0 Å². The average molecular weight is 594 g/mol. The van der Waals surface area contributed by atoms with Crippen molar-refractivity contribution in [2.45, 2.75) is 32.1 Å². The average Bonchev–Trinajstić information content (AvgIpc) is 3.20. The van der Waals surface area contributed by atoms with Crippen LogP contribution in [0.1, 0.15) is 29.4 Å². The van der Waals surface area contributed by atoms with E-state index in [9.17, 15) is 13.2 Å². The van der Waals surface area contributed by atoms with E-state index in [1.807, 2.05) is 63.2 Å². The Hall–Kier alpha value is -3.69. The van der Waals surface area contributed by atoms with E-state index in [1.54, 1.807) is 36.5 Å². The van der Waals surface area contributed by atoms with E-state index >= 15 is 0 Å². The number of hydrogen-bond donors (Lipinski definition) is 1. The van der Waals surface area contributed by atoms with Crippen LogP contribution in [0.4, 0.5) is 5.69 Å². The van der Waals surface area contributed by atoms with Gasteiger partial charge in [0.15, 0.2) is 0 Å². The van der Waals surface area contributed by atoms with Gasteiger partial charge in [0.1, 0.15) is 6.54 Å². The van der Waals surface area contributed by atoms with Crippen molar-refractivity contribution in [3.05, 3.63) is 112 Å². The van der Waals surface area contributed by atoms with Gasteiger partial charge in [0.05, 0.1) is 16.8 Å². The summed E-state index contributed by atoms with van der Waals surface area (Å²) in [4.78, 5) is 13.0. The number of sulfonamides is 1. The molecule has 38 heavy (non-hydrogen) atoms. The largest absolute Gasteiger partial charge is 0.318 e. The fourth-order valence-electron chi connectivity index (χ4n) is 4.18. The first-order valence-corrected chi connectivity index (χ1v) is 14.4. The van der Waals surface area contributed by atoms with Crippen LogP contribution in [-0.2, 0) is 21.2 Å². The summed E-state index contributed by atoms with van der Waals surface area (Å²) in [6, 6.07) is 25.2. The highest BCUT2D eigenvalue weighted by atomic mass is 79.9. The van der Waals surface area contributed by atoms with Gasteiger partial charge in [-0.05, 0) is 80.4 Å². The highest BCUT2D eigenvalue weighted by molar-refractivity contribution is 9.10. The second-order valence-corrected chi connectivity index (χ2v) is 11.6. The third-order valence-electron chi connectivity index (χ3n) is 6.20. The summed E-state index contributed by atoms with van der Waals surface area (Å²) in [7, 11) is -3.97. The topological polar surface area (TPSA) is 83.8 Å². The number of amides is 1. The number of aryl methyl sites for hydroxylation is 2. The fraction of sp³-hybridized carbons (Fsp3) is 0.172. The summed E-state index contributed by atoms with van der Waals surface area (Å²) in [6.45, 7) is 5.58. The summed E-state index contributed by atoms with van der Waals surface area (Å²) >= 11 is 3.46. The molecule has 0 saturated heterocycles. The molecule has 196 valence electrons. The Morgan fingerprint density at radius 3 is 2.29 bits per heavy atom. The predicted octanol–water partition coefficient (Wildman–Crippen LogP) is 5.76. The lowest BCUT2D eigenvalue weighted by Crippen LogP contribution is -2.39. The molecule has 4 rings (SSSR count). The quantitative estimate of drug-likeness (QED) is 0.198. The molecular weight excluding hydrogens is 564 g/mol. The van der Waals surface area contributed by atoms with Crippen LogP contribution in [0.5, 0.6) is 0 Å². The number of nitrogens with zero attached hydrogens (tertiary/aromatic N) is 3. The predicted molar refractivity (Wildman–Crippen MR) is 155 cm³/mol. The Kier molecular flexibility index (Phi) is 8.48. The monoisotopic (exact) mass is 592 g/mol. The van der Waals surface area contributed by atoms with Crippen molar-refractivity contribution in [2.75, 3.05) is 10.8 Å². The Morgan fingerprint density at radius 1 is 1.00 bits per heavy atom. The summed E-state index contributed by atoms with van der Waals surface area (Å²) < 4.78 is 31.1. The van der Waals surface area contributed by atoms with Crippen LogP contribution in [0.25, 0.3) is 5.69 Å². The van der Waals surface area contributed by atoms with Crippen LogP contribution in [0.15, 0.2) is 99.4 Å². The number of benzene rings is 3. The molecule has 0 radical (unpaired) electrons. The Bertz CT molecular complexity index is 1550. The lowest BCUT2D eigenvalue weighted by Gasteiger charge is -2.24. The first kappa shape index (κ1) is 27.3. The number of carbonyl (C=O) groups is 1. The number of hydrazone groups is 1. The van der Waals surface area contributed by atoms with E-state index in [4.69, 9.17) is 0 Å². The zero-order chi connectivity index (χ0) is 27.3. The normalized spacial score (nSPS) is 11.6. The number of nitrogens with one attached hydrogen (secondary N) is 1. The molecule has 0 spiro atoms. The van der Waals surface area contributed by atoms with Crippen molar-refractivity contribution in [1.82, 2.24) is 9.99 Å². The van der Waals surface area contributed by atoms with E-state index in [1.165, 1.54) is 12.1 Å². The van der Waals surface area contributed by atoms with Crippen LogP contribution in [-0.4, -0.2) is 31.7 Å². The molecular formula is C29H29BrN4O3S. The molecule has 3 aromatic carbocycles. The highest BCUT2D eigenvalue weighted by Crippen LogP contribution is 2.24. The van der Waals surface area contributed by atoms with E-state index < -0.39 is 22.5 Å². The molecule has 1 heterocycles. The van der Waals surface area contributed by atoms with Crippen LogP contribution in [0, 0.1) is 13.8 Å². The molecule has 0 aliphatic carbocycles. The smallest absolute Gasteiger partial charge is 0.264 e. The van der Waals surface area contributed by atoms with Crippen LogP contribution < -0.4 is 9.73 Å². The number of carbonyl (C=O) groups excluding carboxylic acids is 1. The van der Waals surface area contributed by atoms with Crippen LogP contribution in [0.3, 0.4) is 0 Å². The first-order chi connectivity index (χ1) is 18.2. The molecule has 1 aromatic heterocycles. The number of hydrogen-bond acceptors (Lipinski definition) is 4. The molecule has 0 fully saturated rings. The maximum atomic E-state index is 13.5. The van der Waals surface area contributed by atoms with Gasteiger partial charge in [-0.1, -0.05) is 53.2 Å². The molecule has 7 nitrogen and oxygen atoms in total. The van der Waals surface area contributed by atoms with Crippen LogP contribution >= 0.6 is 15.9 Å². The Balaban J connectivity index is 1.54. The van der Waals surface area contributed by atoms with Gasteiger partial charge in [0.2, 0.25) is 0 Å². The van der Waals surface area contributed by atoms with Gasteiger partial charge in [-0.25, -0.2) is 13.8 Å². The van der Waals surface area contributed by atoms with Crippen molar-refractivity contribution in [2.24, 2.45) is 5.10 Å². The maximum absolute atomic E-state index is 13.5. The minimum absolute atomic E-state index is 0.108.